The lowest BCUT2D eigenvalue weighted by molar-refractivity contribution is -0.148. The van der Waals surface area contributed by atoms with Crippen LogP contribution in [0.1, 0.15) is 32.1 Å². The van der Waals surface area contributed by atoms with Crippen molar-refractivity contribution in [3.05, 3.63) is 31.1 Å². The molecule has 0 atom stereocenters. The van der Waals surface area contributed by atoms with E-state index in [1.165, 1.54) is 19.3 Å². The van der Waals surface area contributed by atoms with Gasteiger partial charge in [0, 0.05) is 44.6 Å². The highest BCUT2D eigenvalue weighted by atomic mass is 16.4. The number of nitrogens with zero attached hydrogens (tertiary/aromatic N) is 6. The van der Waals surface area contributed by atoms with E-state index >= 15 is 0 Å². The first-order valence-corrected chi connectivity index (χ1v) is 9.23. The molecule has 0 amide bonds. The number of anilines is 2. The SMILES string of the molecule is O=C(O)C1(n2ccnc2)CCN(c2cc(N3CCCCC3)ncn2)CC1. The normalized spacial score (nSPS) is 20.2. The predicted octanol–water partition coefficient (Wildman–Crippen LogP) is 1.74. The Labute approximate surface area is 152 Å². The van der Waals surface area contributed by atoms with Crippen LogP contribution in [0.25, 0.3) is 0 Å². The summed E-state index contributed by atoms with van der Waals surface area (Å²) >= 11 is 0. The molecule has 26 heavy (non-hydrogen) atoms. The van der Waals surface area contributed by atoms with Gasteiger partial charge in [0.05, 0.1) is 6.33 Å². The summed E-state index contributed by atoms with van der Waals surface area (Å²) in [4.78, 5) is 29.3. The molecule has 8 heteroatoms. The maximum absolute atomic E-state index is 12.0. The van der Waals surface area contributed by atoms with Crippen molar-refractivity contribution in [3.8, 4) is 0 Å². The van der Waals surface area contributed by atoms with Crippen LogP contribution in [0, 0.1) is 0 Å². The maximum Gasteiger partial charge on any atom is 0.330 e. The second-order valence-corrected chi connectivity index (χ2v) is 7.08. The van der Waals surface area contributed by atoms with Crippen molar-refractivity contribution in [1.29, 1.82) is 0 Å². The molecule has 2 aromatic rings. The van der Waals surface area contributed by atoms with E-state index in [0.29, 0.717) is 25.9 Å². The molecule has 2 aliphatic rings. The summed E-state index contributed by atoms with van der Waals surface area (Å²) in [5.74, 6) is 1.05. The molecule has 0 bridgehead atoms. The lowest BCUT2D eigenvalue weighted by atomic mass is 9.87. The van der Waals surface area contributed by atoms with Crippen molar-refractivity contribution in [2.45, 2.75) is 37.6 Å². The molecule has 2 aromatic heterocycles. The van der Waals surface area contributed by atoms with Gasteiger partial charge < -0.3 is 19.5 Å². The summed E-state index contributed by atoms with van der Waals surface area (Å²) in [6, 6.07) is 2.04. The Kier molecular flexibility index (Phi) is 4.48. The van der Waals surface area contributed by atoms with Crippen molar-refractivity contribution >= 4 is 17.6 Å². The second kappa shape index (κ2) is 6.93. The number of carboxylic acids is 1. The third kappa shape index (κ3) is 3.00. The fraction of sp³-hybridized carbons (Fsp3) is 0.556. The van der Waals surface area contributed by atoms with Gasteiger partial charge in [0.25, 0.3) is 0 Å². The zero-order valence-electron chi connectivity index (χ0n) is 14.8. The summed E-state index contributed by atoms with van der Waals surface area (Å²) in [6.07, 6.45) is 11.3. The number of hydrogen-bond acceptors (Lipinski definition) is 6. The Morgan fingerprint density at radius 1 is 1.00 bits per heavy atom. The number of aliphatic carboxylic acids is 1. The summed E-state index contributed by atoms with van der Waals surface area (Å²) < 4.78 is 1.73. The molecule has 2 saturated heterocycles. The average Bonchev–Trinajstić information content (AvgIpc) is 3.24. The van der Waals surface area contributed by atoms with Crippen LogP contribution in [0.3, 0.4) is 0 Å². The molecule has 8 nitrogen and oxygen atoms in total. The Morgan fingerprint density at radius 3 is 2.23 bits per heavy atom. The minimum Gasteiger partial charge on any atom is -0.479 e. The molecule has 0 radical (unpaired) electrons. The van der Waals surface area contributed by atoms with Crippen LogP contribution in [0.4, 0.5) is 11.6 Å². The van der Waals surface area contributed by atoms with E-state index in [0.717, 1.165) is 24.7 Å². The monoisotopic (exact) mass is 356 g/mol. The molecular weight excluding hydrogens is 332 g/mol. The minimum atomic E-state index is -0.921. The molecule has 1 N–H and O–H groups in total. The summed E-state index contributed by atoms with van der Waals surface area (Å²) in [6.45, 7) is 3.36. The molecule has 0 saturated carbocycles. The molecular formula is C18H24N6O2. The highest BCUT2D eigenvalue weighted by Crippen LogP contribution is 2.33. The summed E-state index contributed by atoms with van der Waals surface area (Å²) in [7, 11) is 0. The van der Waals surface area contributed by atoms with Crippen molar-refractivity contribution in [2.24, 2.45) is 0 Å². The van der Waals surface area contributed by atoms with Gasteiger partial charge in [0.1, 0.15) is 23.5 Å². The summed E-state index contributed by atoms with van der Waals surface area (Å²) in [5.41, 5.74) is -0.921. The van der Waals surface area contributed by atoms with Crippen LogP contribution in [0.2, 0.25) is 0 Å². The first kappa shape index (κ1) is 16.8. The standard InChI is InChI=1S/C18H24N6O2/c25-17(26)18(24-11-6-19-14-24)4-9-23(10-5-18)16-12-15(20-13-21-16)22-7-2-1-3-8-22/h6,11-14H,1-5,7-10H2,(H,25,26). The topological polar surface area (TPSA) is 87.4 Å². The number of piperidine rings is 2. The van der Waals surface area contributed by atoms with Crippen LogP contribution in [-0.2, 0) is 10.3 Å². The minimum absolute atomic E-state index is 0.516. The van der Waals surface area contributed by atoms with E-state index in [2.05, 4.69) is 24.8 Å². The third-order valence-corrected chi connectivity index (χ3v) is 5.63. The van der Waals surface area contributed by atoms with E-state index in [-0.39, 0.29) is 0 Å². The number of carbonyl (C=O) groups is 1. The van der Waals surface area contributed by atoms with E-state index in [9.17, 15) is 9.90 Å². The molecule has 2 aliphatic heterocycles. The van der Waals surface area contributed by atoms with E-state index in [1.807, 2.05) is 6.07 Å². The molecule has 2 fully saturated rings. The number of imidazole rings is 1. The Bertz CT molecular complexity index is 749. The lowest BCUT2D eigenvalue weighted by Crippen LogP contribution is -2.51. The van der Waals surface area contributed by atoms with Crippen LogP contribution in [0.5, 0.6) is 0 Å². The van der Waals surface area contributed by atoms with Gasteiger partial charge in [-0.15, -0.1) is 0 Å². The molecule has 4 rings (SSSR count). The van der Waals surface area contributed by atoms with Crippen molar-refractivity contribution < 1.29 is 9.90 Å². The van der Waals surface area contributed by atoms with Crippen LogP contribution in [-0.4, -0.2) is 56.8 Å². The Morgan fingerprint density at radius 2 is 1.65 bits per heavy atom. The first-order chi connectivity index (χ1) is 12.7. The fourth-order valence-electron chi connectivity index (χ4n) is 4.01. The van der Waals surface area contributed by atoms with Gasteiger partial charge in [0.2, 0.25) is 0 Å². The van der Waals surface area contributed by atoms with Gasteiger partial charge in [-0.3, -0.25) is 0 Å². The van der Waals surface area contributed by atoms with Crippen LogP contribution in [0.15, 0.2) is 31.1 Å². The fourth-order valence-corrected chi connectivity index (χ4v) is 4.01. The highest BCUT2D eigenvalue weighted by Gasteiger charge is 2.43. The Balaban J connectivity index is 1.50. The van der Waals surface area contributed by atoms with Gasteiger partial charge >= 0.3 is 5.97 Å². The Hall–Kier alpha value is -2.64. The van der Waals surface area contributed by atoms with Gasteiger partial charge in [-0.25, -0.2) is 19.7 Å². The van der Waals surface area contributed by atoms with Gasteiger partial charge in [-0.05, 0) is 32.1 Å². The quantitative estimate of drug-likeness (QED) is 0.893. The molecule has 0 unspecified atom stereocenters. The zero-order chi connectivity index (χ0) is 18.0. The number of rotatable bonds is 4. The number of hydrogen-bond donors (Lipinski definition) is 1. The van der Waals surface area contributed by atoms with E-state index in [1.54, 1.807) is 29.6 Å². The highest BCUT2D eigenvalue weighted by molar-refractivity contribution is 5.77. The molecule has 0 aliphatic carbocycles. The van der Waals surface area contributed by atoms with Crippen molar-refractivity contribution in [3.63, 3.8) is 0 Å². The largest absolute Gasteiger partial charge is 0.479 e. The van der Waals surface area contributed by atoms with Gasteiger partial charge in [-0.2, -0.15) is 0 Å². The predicted molar refractivity (Wildman–Crippen MR) is 97.4 cm³/mol. The molecule has 0 spiro atoms. The molecule has 4 heterocycles. The third-order valence-electron chi connectivity index (χ3n) is 5.63. The first-order valence-electron chi connectivity index (χ1n) is 9.23. The molecule has 0 aromatic carbocycles. The number of carboxylic acid groups (broad SMARTS) is 1. The summed E-state index contributed by atoms with van der Waals surface area (Å²) in [5, 5.41) is 9.83. The lowest BCUT2D eigenvalue weighted by Gasteiger charge is -2.40. The smallest absolute Gasteiger partial charge is 0.330 e. The van der Waals surface area contributed by atoms with Gasteiger partial charge in [-0.1, -0.05) is 0 Å². The van der Waals surface area contributed by atoms with Crippen molar-refractivity contribution in [1.82, 2.24) is 19.5 Å². The maximum atomic E-state index is 12.0. The van der Waals surface area contributed by atoms with Crippen LogP contribution < -0.4 is 9.80 Å². The van der Waals surface area contributed by atoms with E-state index < -0.39 is 11.5 Å². The van der Waals surface area contributed by atoms with E-state index in [4.69, 9.17) is 0 Å². The van der Waals surface area contributed by atoms with Crippen LogP contribution >= 0.6 is 0 Å². The number of aromatic nitrogens is 4. The van der Waals surface area contributed by atoms with Gasteiger partial charge in [0.15, 0.2) is 0 Å². The van der Waals surface area contributed by atoms with Crippen molar-refractivity contribution in [2.75, 3.05) is 36.0 Å². The molecule has 138 valence electrons. The average molecular weight is 356 g/mol. The second-order valence-electron chi connectivity index (χ2n) is 7.08. The zero-order valence-corrected chi connectivity index (χ0v) is 14.8.